The molecule has 4 rings (SSSR count). The second-order valence-electron chi connectivity index (χ2n) is 8.48. The Balaban J connectivity index is 1.53. The van der Waals surface area contributed by atoms with Crippen LogP contribution >= 0.6 is 0 Å². The number of carbonyl (C=O) groups is 2. The van der Waals surface area contributed by atoms with Gasteiger partial charge in [0.2, 0.25) is 5.91 Å². The molecule has 1 aromatic heterocycles. The zero-order chi connectivity index (χ0) is 23.4. The molecule has 0 unspecified atom stereocenters. The lowest BCUT2D eigenvalue weighted by Gasteiger charge is -2.30. The molecule has 1 saturated heterocycles. The molecule has 1 aromatic carbocycles. The third-order valence-electron chi connectivity index (χ3n) is 5.92. The zero-order valence-corrected chi connectivity index (χ0v) is 18.8. The highest BCUT2D eigenvalue weighted by Gasteiger charge is 2.31. The standard InChI is InChI=1S/C23H30N6O4/c1-2-3-10-33-23-26-20(24)19-21(27-23)29(14-18(30)25-19)13-16-7-4-6-15(11-16)12-28-9-5-8-17(28)22(31)32/h4,6-7,11,17H,2-3,5,8-10,12-14H2,1H3,(H,25,30)(H,31,32)(H2,24,26,27)/t17-/m1/s1. The van der Waals surface area contributed by atoms with Crippen molar-refractivity contribution in [1.82, 2.24) is 14.9 Å². The highest BCUT2D eigenvalue weighted by Crippen LogP contribution is 2.34. The van der Waals surface area contributed by atoms with E-state index in [9.17, 15) is 14.7 Å². The molecule has 0 radical (unpaired) electrons. The molecule has 176 valence electrons. The highest BCUT2D eigenvalue weighted by atomic mass is 16.5. The summed E-state index contributed by atoms with van der Waals surface area (Å²) in [5, 5.41) is 12.2. The van der Waals surface area contributed by atoms with Crippen molar-refractivity contribution < 1.29 is 19.4 Å². The van der Waals surface area contributed by atoms with E-state index >= 15 is 0 Å². The molecule has 10 heteroatoms. The van der Waals surface area contributed by atoms with Gasteiger partial charge in [0.15, 0.2) is 11.6 Å². The van der Waals surface area contributed by atoms with Crippen molar-refractivity contribution in [3.05, 3.63) is 35.4 Å². The maximum Gasteiger partial charge on any atom is 0.320 e. The number of hydrogen-bond donors (Lipinski definition) is 3. The van der Waals surface area contributed by atoms with Gasteiger partial charge >= 0.3 is 12.0 Å². The van der Waals surface area contributed by atoms with Crippen LogP contribution in [0.15, 0.2) is 24.3 Å². The van der Waals surface area contributed by atoms with Crippen LogP contribution in [0.3, 0.4) is 0 Å². The van der Waals surface area contributed by atoms with Crippen LogP contribution in [0.1, 0.15) is 43.7 Å². The first-order chi connectivity index (χ1) is 15.9. The number of fused-ring (bicyclic) bond motifs is 1. The molecule has 2 aliphatic heterocycles. The third kappa shape index (κ3) is 5.33. The summed E-state index contributed by atoms with van der Waals surface area (Å²) in [5.41, 5.74) is 8.51. The maximum absolute atomic E-state index is 12.3. The fraction of sp³-hybridized carbons (Fsp3) is 0.478. The van der Waals surface area contributed by atoms with E-state index in [0.717, 1.165) is 36.9 Å². The number of carboxylic acid groups (broad SMARTS) is 1. The van der Waals surface area contributed by atoms with Crippen molar-refractivity contribution in [2.75, 3.05) is 35.6 Å². The number of nitrogens with zero attached hydrogens (tertiary/aromatic N) is 4. The van der Waals surface area contributed by atoms with Gasteiger partial charge in [0.1, 0.15) is 11.7 Å². The van der Waals surface area contributed by atoms with Crippen molar-refractivity contribution in [3.8, 4) is 6.01 Å². The number of nitrogens with two attached hydrogens (primary N) is 1. The highest BCUT2D eigenvalue weighted by molar-refractivity contribution is 6.03. The maximum atomic E-state index is 12.3. The normalized spacial score (nSPS) is 18.2. The number of anilines is 3. The lowest BCUT2D eigenvalue weighted by Crippen LogP contribution is -2.39. The Morgan fingerprint density at radius 1 is 1.30 bits per heavy atom. The number of unbranched alkanes of at least 4 members (excludes halogenated alkanes) is 1. The Labute approximate surface area is 192 Å². The fourth-order valence-electron chi connectivity index (χ4n) is 4.30. The Hall–Kier alpha value is -3.40. The molecular formula is C23H30N6O4. The molecule has 1 amide bonds. The number of benzene rings is 1. The number of nitrogens with one attached hydrogen (secondary N) is 1. The summed E-state index contributed by atoms with van der Waals surface area (Å²) in [6.07, 6.45) is 3.44. The molecule has 4 N–H and O–H groups in total. The van der Waals surface area contributed by atoms with Gasteiger partial charge in [0.25, 0.3) is 0 Å². The lowest BCUT2D eigenvalue weighted by atomic mass is 10.1. The van der Waals surface area contributed by atoms with Gasteiger partial charge in [0.05, 0.1) is 13.2 Å². The third-order valence-corrected chi connectivity index (χ3v) is 5.92. The van der Waals surface area contributed by atoms with Gasteiger partial charge in [-0.25, -0.2) is 0 Å². The van der Waals surface area contributed by atoms with Gasteiger partial charge in [-0.1, -0.05) is 37.6 Å². The topological polar surface area (TPSA) is 134 Å². The number of aliphatic carboxylic acids is 1. The quantitative estimate of drug-likeness (QED) is 0.488. The number of rotatable bonds is 9. The minimum absolute atomic E-state index is 0.134. The summed E-state index contributed by atoms with van der Waals surface area (Å²) in [4.78, 5) is 36.4. The van der Waals surface area contributed by atoms with E-state index < -0.39 is 12.0 Å². The van der Waals surface area contributed by atoms with Crippen LogP contribution in [0, 0.1) is 0 Å². The number of likely N-dealkylation sites (tertiary alicyclic amines) is 1. The SMILES string of the molecule is CCCCOc1nc(N)c2c(n1)N(Cc1cccc(CN3CCC[C@@H]3C(=O)O)c1)CC(=O)N2. The second-order valence-corrected chi connectivity index (χ2v) is 8.48. The largest absolute Gasteiger partial charge is 0.480 e. The van der Waals surface area contributed by atoms with Crippen LogP contribution in [0.2, 0.25) is 0 Å². The van der Waals surface area contributed by atoms with Crippen LogP contribution in [-0.4, -0.2) is 57.6 Å². The molecule has 1 fully saturated rings. The molecule has 0 bridgehead atoms. The molecule has 2 aliphatic rings. The van der Waals surface area contributed by atoms with Gasteiger partial charge in [-0.2, -0.15) is 9.97 Å². The van der Waals surface area contributed by atoms with Crippen LogP contribution < -0.4 is 20.7 Å². The predicted octanol–water partition coefficient (Wildman–Crippen LogP) is 2.25. The zero-order valence-electron chi connectivity index (χ0n) is 18.8. The van der Waals surface area contributed by atoms with Crippen LogP contribution in [0.4, 0.5) is 17.3 Å². The van der Waals surface area contributed by atoms with Crippen molar-refractivity contribution in [3.63, 3.8) is 0 Å². The fourth-order valence-corrected chi connectivity index (χ4v) is 4.30. The van der Waals surface area contributed by atoms with E-state index in [1.807, 2.05) is 34.1 Å². The Kier molecular flexibility index (Phi) is 6.93. The molecule has 10 nitrogen and oxygen atoms in total. The second kappa shape index (κ2) is 10.0. The molecule has 2 aromatic rings. The van der Waals surface area contributed by atoms with E-state index in [0.29, 0.717) is 37.6 Å². The van der Waals surface area contributed by atoms with E-state index in [2.05, 4.69) is 22.2 Å². The molecule has 33 heavy (non-hydrogen) atoms. The van der Waals surface area contributed by atoms with Crippen LogP contribution in [0.5, 0.6) is 6.01 Å². The van der Waals surface area contributed by atoms with Gasteiger partial charge in [-0.05, 0) is 36.9 Å². The lowest BCUT2D eigenvalue weighted by molar-refractivity contribution is -0.142. The van der Waals surface area contributed by atoms with Gasteiger partial charge in [-0.3, -0.25) is 14.5 Å². The Morgan fingerprint density at radius 2 is 2.09 bits per heavy atom. The number of hydrogen-bond acceptors (Lipinski definition) is 8. The molecule has 0 saturated carbocycles. The molecule has 0 spiro atoms. The Morgan fingerprint density at radius 3 is 2.85 bits per heavy atom. The number of aromatic nitrogens is 2. The van der Waals surface area contributed by atoms with Crippen LogP contribution in [-0.2, 0) is 22.7 Å². The van der Waals surface area contributed by atoms with E-state index in [1.165, 1.54) is 0 Å². The smallest absolute Gasteiger partial charge is 0.320 e. The monoisotopic (exact) mass is 454 g/mol. The summed E-state index contributed by atoms with van der Waals surface area (Å²) < 4.78 is 5.65. The van der Waals surface area contributed by atoms with Gasteiger partial charge in [-0.15, -0.1) is 0 Å². The first-order valence-corrected chi connectivity index (χ1v) is 11.3. The molecule has 3 heterocycles. The van der Waals surface area contributed by atoms with Gasteiger partial charge in [0, 0.05) is 13.1 Å². The summed E-state index contributed by atoms with van der Waals surface area (Å²) in [5.74, 6) is -0.250. The minimum Gasteiger partial charge on any atom is -0.480 e. The number of carboxylic acids is 1. The van der Waals surface area contributed by atoms with Crippen LogP contribution in [0.25, 0.3) is 0 Å². The summed E-state index contributed by atoms with van der Waals surface area (Å²) >= 11 is 0. The van der Waals surface area contributed by atoms with Crippen molar-refractivity contribution >= 4 is 29.2 Å². The van der Waals surface area contributed by atoms with E-state index in [4.69, 9.17) is 10.5 Å². The first kappa shape index (κ1) is 22.8. The summed E-state index contributed by atoms with van der Waals surface area (Å²) in [7, 11) is 0. The molecule has 1 atom stereocenters. The molecule has 0 aliphatic carbocycles. The Bertz CT molecular complexity index is 1030. The van der Waals surface area contributed by atoms with Crippen molar-refractivity contribution in [2.45, 2.75) is 51.7 Å². The van der Waals surface area contributed by atoms with Gasteiger partial charge < -0.3 is 25.8 Å². The minimum atomic E-state index is -0.770. The van der Waals surface area contributed by atoms with Crippen molar-refractivity contribution in [1.29, 1.82) is 0 Å². The van der Waals surface area contributed by atoms with E-state index in [1.54, 1.807) is 0 Å². The number of carbonyl (C=O) groups excluding carboxylic acids is 1. The van der Waals surface area contributed by atoms with Crippen molar-refractivity contribution in [2.24, 2.45) is 0 Å². The van der Waals surface area contributed by atoms with E-state index in [-0.39, 0.29) is 24.3 Å². The molecular weight excluding hydrogens is 424 g/mol. The number of ether oxygens (including phenoxy) is 1. The summed E-state index contributed by atoms with van der Waals surface area (Å²) in [6, 6.07) is 7.75. The predicted molar refractivity (Wildman–Crippen MR) is 124 cm³/mol. The average Bonchev–Trinajstić information content (AvgIpc) is 3.23. The number of amides is 1. The first-order valence-electron chi connectivity index (χ1n) is 11.3. The summed E-state index contributed by atoms with van der Waals surface area (Å²) in [6.45, 7) is 4.50. The average molecular weight is 455 g/mol. The number of nitrogen functional groups attached to an aromatic ring is 1.